The van der Waals surface area contributed by atoms with E-state index in [1.54, 1.807) is 24.2 Å². The lowest BCUT2D eigenvalue weighted by Crippen LogP contribution is -2.51. The van der Waals surface area contributed by atoms with Crippen LogP contribution < -0.4 is 16.2 Å². The van der Waals surface area contributed by atoms with Gasteiger partial charge in [-0.15, -0.1) is 0 Å². The first-order valence-corrected chi connectivity index (χ1v) is 10.6. The Morgan fingerprint density at radius 2 is 1.76 bits per heavy atom. The zero-order valence-corrected chi connectivity index (χ0v) is 17.0. The number of rotatable bonds is 5. The highest BCUT2D eigenvalue weighted by atomic mass is 32.2. The quantitative estimate of drug-likeness (QED) is 0.729. The summed E-state index contributed by atoms with van der Waals surface area (Å²) in [6, 6.07) is 11.0. The Bertz CT molecular complexity index is 906. The van der Waals surface area contributed by atoms with Gasteiger partial charge in [0.2, 0.25) is 5.91 Å². The van der Waals surface area contributed by atoms with E-state index < -0.39 is 4.75 Å². The first-order chi connectivity index (χ1) is 14.1. The lowest BCUT2D eigenvalue weighted by atomic mass is 9.98. The number of anilines is 1. The monoisotopic (exact) mass is 415 g/mol. The van der Waals surface area contributed by atoms with E-state index >= 15 is 0 Å². The highest BCUT2D eigenvalue weighted by Gasteiger charge is 2.41. The molecule has 0 atom stereocenters. The summed E-state index contributed by atoms with van der Waals surface area (Å²) in [4.78, 5) is 26.8. The summed E-state index contributed by atoms with van der Waals surface area (Å²) >= 11 is 1.57. The van der Waals surface area contributed by atoms with E-state index in [1.165, 1.54) is 4.68 Å². The van der Waals surface area contributed by atoms with Crippen LogP contribution in [0.4, 0.5) is 5.69 Å². The third-order valence-electron chi connectivity index (χ3n) is 5.44. The zero-order chi connectivity index (χ0) is 20.3. The molecule has 4 rings (SSSR count). The van der Waals surface area contributed by atoms with Gasteiger partial charge in [0.05, 0.1) is 17.6 Å². The smallest absolute Gasteiger partial charge is 0.273 e. The minimum Gasteiger partial charge on any atom is -0.381 e. The Morgan fingerprint density at radius 3 is 2.38 bits per heavy atom. The minimum atomic E-state index is -0.571. The first kappa shape index (κ1) is 19.9. The highest BCUT2D eigenvalue weighted by Crippen LogP contribution is 2.38. The molecule has 0 radical (unpaired) electrons. The van der Waals surface area contributed by atoms with Crippen molar-refractivity contribution in [3.63, 3.8) is 0 Å². The van der Waals surface area contributed by atoms with Crippen LogP contribution >= 0.6 is 11.9 Å². The van der Waals surface area contributed by atoms with Crippen molar-refractivity contribution in [1.29, 1.82) is 0 Å². The summed E-state index contributed by atoms with van der Waals surface area (Å²) in [5.41, 5.74) is 7.14. The van der Waals surface area contributed by atoms with Gasteiger partial charge in [0.1, 0.15) is 4.75 Å². The van der Waals surface area contributed by atoms with Gasteiger partial charge in [0.25, 0.3) is 5.56 Å². The number of para-hydroxylation sites is 1. The Hall–Kier alpha value is -2.36. The van der Waals surface area contributed by atoms with E-state index in [1.807, 2.05) is 30.3 Å². The minimum absolute atomic E-state index is 0.152. The Kier molecular flexibility index (Phi) is 5.89. The molecule has 29 heavy (non-hydrogen) atoms. The topological polar surface area (TPSA) is 93.7 Å². The molecule has 1 aromatic heterocycles. The van der Waals surface area contributed by atoms with Gasteiger partial charge >= 0.3 is 0 Å². The maximum Gasteiger partial charge on any atom is 0.273 e. The van der Waals surface area contributed by atoms with E-state index in [0.717, 1.165) is 37.6 Å². The van der Waals surface area contributed by atoms with Crippen molar-refractivity contribution in [2.75, 3.05) is 44.3 Å². The average molecular weight is 416 g/mol. The van der Waals surface area contributed by atoms with Gasteiger partial charge in [-0.1, -0.05) is 30.1 Å². The molecule has 0 spiro atoms. The van der Waals surface area contributed by atoms with Crippen LogP contribution in [0.5, 0.6) is 0 Å². The van der Waals surface area contributed by atoms with Crippen molar-refractivity contribution >= 4 is 23.5 Å². The van der Waals surface area contributed by atoms with Gasteiger partial charge in [0, 0.05) is 45.5 Å². The van der Waals surface area contributed by atoms with Crippen LogP contribution in [-0.2, 0) is 9.53 Å². The first-order valence-electron chi connectivity index (χ1n) is 9.79. The number of nitrogens with zero attached hydrogens (tertiary/aromatic N) is 4. The third kappa shape index (κ3) is 4.31. The largest absolute Gasteiger partial charge is 0.381 e. The second-order valence-corrected chi connectivity index (χ2v) is 8.76. The molecule has 0 bridgehead atoms. The van der Waals surface area contributed by atoms with Gasteiger partial charge in [-0.3, -0.25) is 9.59 Å². The molecule has 2 saturated heterocycles. The number of ether oxygens (including phenoxy) is 1. The molecule has 2 aliphatic rings. The van der Waals surface area contributed by atoms with Crippen molar-refractivity contribution in [2.45, 2.75) is 17.6 Å². The molecule has 3 heterocycles. The van der Waals surface area contributed by atoms with E-state index in [-0.39, 0.29) is 11.5 Å². The molecular formula is C20H25N5O3S. The fraction of sp³-hybridized carbons (Fsp3) is 0.450. The highest BCUT2D eigenvalue weighted by molar-refractivity contribution is 7.99. The Balaban J connectivity index is 1.40. The second-order valence-electron chi connectivity index (χ2n) is 7.28. The molecule has 2 N–H and O–H groups in total. The summed E-state index contributed by atoms with van der Waals surface area (Å²) in [6.07, 6.45) is 3.03. The maximum absolute atomic E-state index is 12.5. The number of carbonyl (C=O) groups is 1. The van der Waals surface area contributed by atoms with Gasteiger partial charge in [-0.2, -0.15) is 9.78 Å². The molecule has 2 fully saturated rings. The van der Waals surface area contributed by atoms with Crippen LogP contribution in [0.2, 0.25) is 0 Å². The SMILES string of the molecule is NC(=O)C1(SN2CCN(c3cnn(-c4ccccc4)c(=O)c3)CC2)CCOCC1. The zero-order valence-electron chi connectivity index (χ0n) is 16.2. The number of primary amides is 1. The number of aromatic nitrogens is 2. The number of nitrogens with two attached hydrogens (primary N) is 1. The van der Waals surface area contributed by atoms with Crippen molar-refractivity contribution < 1.29 is 9.53 Å². The van der Waals surface area contributed by atoms with Gasteiger partial charge in [-0.25, -0.2) is 4.31 Å². The number of carbonyl (C=O) groups excluding carboxylic acids is 1. The van der Waals surface area contributed by atoms with Crippen LogP contribution in [0, 0.1) is 0 Å². The normalized spacial score (nSPS) is 19.8. The number of amides is 1. The standard InChI is InChI=1S/C20H25N5O3S/c21-19(27)20(6-12-28-13-7-20)29-24-10-8-23(9-11-24)17-14-18(26)25(22-15-17)16-4-2-1-3-5-16/h1-5,14-15H,6-13H2,(H2,21,27). The summed E-state index contributed by atoms with van der Waals surface area (Å²) in [7, 11) is 0. The van der Waals surface area contributed by atoms with Gasteiger partial charge in [0.15, 0.2) is 0 Å². The average Bonchev–Trinajstić information content (AvgIpc) is 2.75. The van der Waals surface area contributed by atoms with Crippen molar-refractivity contribution in [1.82, 2.24) is 14.1 Å². The number of benzene rings is 1. The molecular weight excluding hydrogens is 390 g/mol. The van der Waals surface area contributed by atoms with Crippen LogP contribution in [0.1, 0.15) is 12.8 Å². The van der Waals surface area contributed by atoms with Crippen LogP contribution in [0.15, 0.2) is 47.4 Å². The van der Waals surface area contributed by atoms with E-state index in [2.05, 4.69) is 14.3 Å². The van der Waals surface area contributed by atoms with Crippen LogP contribution in [0.25, 0.3) is 5.69 Å². The summed E-state index contributed by atoms with van der Waals surface area (Å²) in [6.45, 7) is 4.22. The predicted octanol–water partition coefficient (Wildman–Crippen LogP) is 1.04. The molecule has 2 aromatic rings. The van der Waals surface area contributed by atoms with Gasteiger partial charge in [-0.05, 0) is 25.0 Å². The van der Waals surface area contributed by atoms with Crippen molar-refractivity contribution in [2.24, 2.45) is 5.73 Å². The lowest BCUT2D eigenvalue weighted by molar-refractivity contribution is -0.122. The molecule has 8 nitrogen and oxygen atoms in total. The molecule has 1 aromatic carbocycles. The van der Waals surface area contributed by atoms with Gasteiger partial charge < -0.3 is 15.4 Å². The summed E-state index contributed by atoms with van der Waals surface area (Å²) < 4.78 is 8.45. The fourth-order valence-electron chi connectivity index (χ4n) is 3.70. The number of hydrogen-bond acceptors (Lipinski definition) is 7. The molecule has 9 heteroatoms. The van der Waals surface area contributed by atoms with Crippen molar-refractivity contribution in [3.05, 3.63) is 52.9 Å². The second kappa shape index (κ2) is 8.56. The van der Waals surface area contributed by atoms with E-state index in [4.69, 9.17) is 10.5 Å². The van der Waals surface area contributed by atoms with Crippen molar-refractivity contribution in [3.8, 4) is 5.69 Å². The number of piperazine rings is 1. The maximum atomic E-state index is 12.5. The van der Waals surface area contributed by atoms with E-state index in [9.17, 15) is 9.59 Å². The molecule has 1 amide bonds. The molecule has 154 valence electrons. The Labute approximate surface area is 173 Å². The molecule has 0 unspecified atom stereocenters. The fourth-order valence-corrected chi connectivity index (χ4v) is 4.98. The predicted molar refractivity (Wildman–Crippen MR) is 113 cm³/mol. The summed E-state index contributed by atoms with van der Waals surface area (Å²) in [5.74, 6) is -0.262. The third-order valence-corrected chi connectivity index (χ3v) is 7.03. The number of hydrogen-bond donors (Lipinski definition) is 1. The van der Waals surface area contributed by atoms with Crippen LogP contribution in [0.3, 0.4) is 0 Å². The summed E-state index contributed by atoms with van der Waals surface area (Å²) in [5, 5.41) is 4.34. The molecule has 0 saturated carbocycles. The van der Waals surface area contributed by atoms with Crippen LogP contribution in [-0.4, -0.2) is 64.1 Å². The van der Waals surface area contributed by atoms with E-state index in [0.29, 0.717) is 26.1 Å². The molecule has 2 aliphatic heterocycles. The Morgan fingerprint density at radius 1 is 1.07 bits per heavy atom. The molecule has 0 aliphatic carbocycles. The lowest BCUT2D eigenvalue weighted by Gasteiger charge is -2.41.